The van der Waals surface area contributed by atoms with Crippen LogP contribution >= 0.6 is 11.8 Å². The Kier molecular flexibility index (Phi) is 16.0. The topological polar surface area (TPSA) is 201 Å². The quantitative estimate of drug-likeness (QED) is 0.0988. The molecule has 1 unspecified atom stereocenters. The van der Waals surface area contributed by atoms with E-state index in [4.69, 9.17) is 34.1 Å². The van der Waals surface area contributed by atoms with Gasteiger partial charge in [-0.25, -0.2) is 27.6 Å². The van der Waals surface area contributed by atoms with Gasteiger partial charge in [0.05, 0.1) is 49.5 Å². The number of allylic oxidation sites excluding steroid dienone is 2. The summed E-state index contributed by atoms with van der Waals surface area (Å²) >= 11 is 1.21. The summed E-state index contributed by atoms with van der Waals surface area (Å²) in [5.41, 5.74) is -1.69. The SMILES string of the molecule is CC(OC(=O)CCC(=O)NCCC(=O)O)OC(=O)O[C@@](Cn1cncn1)(c1ccc(F)cc1F)[C@@H](C)SC1COC(/C=C/C=C/c2ccc(C#N)cc2F)OC1. The minimum Gasteiger partial charge on any atom is -0.481 e. The van der Waals surface area contributed by atoms with E-state index in [0.29, 0.717) is 6.07 Å². The van der Waals surface area contributed by atoms with Gasteiger partial charge in [-0.3, -0.25) is 14.4 Å². The summed E-state index contributed by atoms with van der Waals surface area (Å²) < 4.78 is 73.2. The van der Waals surface area contributed by atoms with E-state index < -0.39 is 76.6 Å². The summed E-state index contributed by atoms with van der Waals surface area (Å²) in [7, 11) is 0. The standard InChI is InChI=1S/C37H38F3N5O10S/c1-23(56-28-18-51-35(52-19-28)6-4-3-5-26-8-7-25(17-41)15-30(26)39)37(20-45-22-42-21-44-45,29-10-9-27(38)16-31(29)40)55-36(50)54-24(2)53-34(49)12-11-32(46)43-14-13-33(47)48/h3-10,15-16,21-24,28,35H,11-14,18-20H2,1-2H3,(H,43,46)(H,47,48)/b5-3+,6-4+/t23-,24?,28?,35?,37-/m1/s1. The van der Waals surface area contributed by atoms with Crippen molar-refractivity contribution in [3.63, 3.8) is 0 Å². The maximum Gasteiger partial charge on any atom is 0.512 e. The van der Waals surface area contributed by atoms with Gasteiger partial charge in [0.25, 0.3) is 0 Å². The lowest BCUT2D eigenvalue weighted by Crippen LogP contribution is -2.47. The van der Waals surface area contributed by atoms with Crippen LogP contribution in [0.4, 0.5) is 18.0 Å². The second-order valence-corrected chi connectivity index (χ2v) is 13.8. The van der Waals surface area contributed by atoms with E-state index in [1.165, 1.54) is 54.2 Å². The number of carboxylic acid groups (broad SMARTS) is 1. The fourth-order valence-corrected chi connectivity index (χ4v) is 6.68. The van der Waals surface area contributed by atoms with Crippen molar-refractivity contribution in [1.82, 2.24) is 20.1 Å². The number of carbonyl (C=O) groups excluding carboxylic acids is 3. The summed E-state index contributed by atoms with van der Waals surface area (Å²) in [4.78, 5) is 52.1. The third kappa shape index (κ3) is 13.0. The van der Waals surface area contributed by atoms with Gasteiger partial charge >= 0.3 is 18.1 Å². The van der Waals surface area contributed by atoms with Crippen molar-refractivity contribution in [2.45, 2.75) is 68.3 Å². The number of ether oxygens (including phenoxy) is 5. The van der Waals surface area contributed by atoms with E-state index in [-0.39, 0.29) is 55.8 Å². The number of esters is 1. The van der Waals surface area contributed by atoms with Gasteiger partial charge < -0.3 is 34.1 Å². The van der Waals surface area contributed by atoms with Gasteiger partial charge in [0.15, 0.2) is 11.9 Å². The molecule has 19 heteroatoms. The number of hydrogen-bond donors (Lipinski definition) is 2. The molecule has 1 aromatic heterocycles. The molecular formula is C37H38F3N5O10S. The molecule has 2 aromatic carbocycles. The summed E-state index contributed by atoms with van der Waals surface area (Å²) in [6, 6.07) is 8.74. The molecule has 0 bridgehead atoms. The molecule has 15 nitrogen and oxygen atoms in total. The Labute approximate surface area is 323 Å². The van der Waals surface area contributed by atoms with Crippen molar-refractivity contribution in [2.24, 2.45) is 0 Å². The van der Waals surface area contributed by atoms with Gasteiger partial charge in [-0.05, 0) is 37.3 Å². The van der Waals surface area contributed by atoms with Crippen molar-refractivity contribution in [3.05, 3.63) is 101 Å². The number of amides is 1. The van der Waals surface area contributed by atoms with Gasteiger partial charge in [0, 0.05) is 42.3 Å². The van der Waals surface area contributed by atoms with E-state index in [9.17, 15) is 28.0 Å². The van der Waals surface area contributed by atoms with E-state index in [1.54, 1.807) is 25.2 Å². The summed E-state index contributed by atoms with van der Waals surface area (Å²) in [6.45, 7) is 2.68. The normalized spacial score (nSPS) is 17.7. The van der Waals surface area contributed by atoms with Crippen LogP contribution in [0.1, 0.15) is 49.8 Å². The smallest absolute Gasteiger partial charge is 0.481 e. The number of rotatable bonds is 18. The van der Waals surface area contributed by atoms with Crippen LogP contribution in [0, 0.1) is 28.8 Å². The van der Waals surface area contributed by atoms with Gasteiger partial charge in [-0.2, -0.15) is 10.4 Å². The van der Waals surface area contributed by atoms with E-state index in [1.807, 2.05) is 6.07 Å². The molecule has 1 amide bonds. The average molecular weight is 802 g/mol. The number of nitriles is 1. The van der Waals surface area contributed by atoms with E-state index >= 15 is 4.39 Å². The number of aromatic nitrogens is 3. The fraction of sp³-hybridized carbons (Fsp3) is 0.378. The number of halogens is 3. The Balaban J connectivity index is 1.44. The number of nitrogens with one attached hydrogen (secondary N) is 1. The molecule has 56 heavy (non-hydrogen) atoms. The van der Waals surface area contributed by atoms with E-state index in [2.05, 4.69) is 15.4 Å². The van der Waals surface area contributed by atoms with Crippen molar-refractivity contribution >= 4 is 41.8 Å². The molecule has 2 N–H and O–H groups in total. The molecule has 2 heterocycles. The van der Waals surface area contributed by atoms with Crippen LogP contribution in [0.2, 0.25) is 0 Å². The molecule has 1 saturated heterocycles. The van der Waals surface area contributed by atoms with Crippen molar-refractivity contribution in [1.29, 1.82) is 5.26 Å². The second-order valence-electron chi connectivity index (χ2n) is 12.2. The van der Waals surface area contributed by atoms with Crippen LogP contribution < -0.4 is 5.32 Å². The summed E-state index contributed by atoms with van der Waals surface area (Å²) in [5, 5.41) is 22.8. The highest BCUT2D eigenvalue weighted by atomic mass is 32.2. The highest BCUT2D eigenvalue weighted by Crippen LogP contribution is 2.42. The summed E-state index contributed by atoms with van der Waals surface area (Å²) in [5.74, 6) is -5.08. The predicted octanol–water partition coefficient (Wildman–Crippen LogP) is 5.01. The Morgan fingerprint density at radius 1 is 1.07 bits per heavy atom. The third-order valence-corrected chi connectivity index (χ3v) is 9.47. The fourth-order valence-electron chi connectivity index (χ4n) is 5.31. The maximum absolute atomic E-state index is 15.7. The number of nitrogens with zero attached hydrogens (tertiary/aromatic N) is 4. The van der Waals surface area contributed by atoms with Crippen LogP contribution in [-0.4, -0.2) is 86.7 Å². The van der Waals surface area contributed by atoms with Crippen LogP contribution in [0.3, 0.4) is 0 Å². The molecule has 1 aliphatic rings. The third-order valence-electron chi connectivity index (χ3n) is 8.02. The highest BCUT2D eigenvalue weighted by molar-refractivity contribution is 8.00. The summed E-state index contributed by atoms with van der Waals surface area (Å²) in [6.07, 6.45) is 4.13. The molecule has 1 aliphatic heterocycles. The number of carboxylic acids is 1. The van der Waals surface area contributed by atoms with E-state index in [0.717, 1.165) is 18.2 Å². The first-order valence-corrected chi connectivity index (χ1v) is 18.0. The van der Waals surface area contributed by atoms with Crippen molar-refractivity contribution in [2.75, 3.05) is 19.8 Å². The number of aliphatic carboxylic acids is 1. The minimum absolute atomic E-state index is 0.125. The van der Waals surface area contributed by atoms with Gasteiger partial charge in [0.1, 0.15) is 30.1 Å². The highest BCUT2D eigenvalue weighted by Gasteiger charge is 2.47. The first-order chi connectivity index (χ1) is 26.8. The molecule has 3 aromatic rings. The second kappa shape index (κ2) is 20.8. The molecule has 3 atom stereocenters. The van der Waals surface area contributed by atoms with Crippen molar-refractivity contribution in [3.8, 4) is 6.07 Å². The lowest BCUT2D eigenvalue weighted by atomic mass is 9.89. The van der Waals surface area contributed by atoms with Crippen LogP contribution in [-0.2, 0) is 50.2 Å². The van der Waals surface area contributed by atoms with Crippen LogP contribution in [0.5, 0.6) is 0 Å². The van der Waals surface area contributed by atoms with Gasteiger partial charge in [-0.1, -0.05) is 24.3 Å². The molecule has 1 fully saturated rings. The maximum atomic E-state index is 15.7. The Morgan fingerprint density at radius 2 is 1.84 bits per heavy atom. The number of hydrogen-bond acceptors (Lipinski definition) is 13. The first kappa shape index (κ1) is 43.0. The lowest BCUT2D eigenvalue weighted by Gasteiger charge is -2.40. The Bertz CT molecular complexity index is 1940. The lowest BCUT2D eigenvalue weighted by molar-refractivity contribution is -0.172. The molecule has 298 valence electrons. The number of benzene rings is 2. The Hall–Kier alpha value is -5.71. The minimum atomic E-state index is -1.95. The molecule has 0 saturated carbocycles. The molecule has 4 rings (SSSR count). The predicted molar refractivity (Wildman–Crippen MR) is 191 cm³/mol. The zero-order valence-corrected chi connectivity index (χ0v) is 31.0. The average Bonchev–Trinajstić information content (AvgIpc) is 3.66. The van der Waals surface area contributed by atoms with Crippen LogP contribution in [0.25, 0.3) is 6.08 Å². The largest absolute Gasteiger partial charge is 0.512 e. The van der Waals surface area contributed by atoms with Crippen molar-refractivity contribution < 1.29 is 61.1 Å². The Morgan fingerprint density at radius 3 is 2.50 bits per heavy atom. The zero-order valence-electron chi connectivity index (χ0n) is 30.1. The monoisotopic (exact) mass is 801 g/mol. The van der Waals surface area contributed by atoms with Gasteiger partial charge in [-0.15, -0.1) is 11.8 Å². The molecule has 0 radical (unpaired) electrons. The zero-order chi connectivity index (χ0) is 40.7. The molecule has 0 spiro atoms. The van der Waals surface area contributed by atoms with Crippen LogP contribution in [0.15, 0.2) is 67.3 Å². The molecule has 0 aliphatic carbocycles. The number of thioether (sulfide) groups is 1. The molecular weight excluding hydrogens is 763 g/mol. The first-order valence-electron chi connectivity index (χ1n) is 17.1. The number of carbonyl (C=O) groups is 4. The van der Waals surface area contributed by atoms with Gasteiger partial charge in [0.2, 0.25) is 12.2 Å².